The summed E-state index contributed by atoms with van der Waals surface area (Å²) in [5, 5.41) is 3.78. The number of hydrogen-bond acceptors (Lipinski definition) is 2. The molecule has 1 saturated heterocycles. The molecular weight excluding hydrogens is 256 g/mol. The Morgan fingerprint density at radius 2 is 1.95 bits per heavy atom. The summed E-state index contributed by atoms with van der Waals surface area (Å²) in [6.45, 7) is 14.8. The fourth-order valence-electron chi connectivity index (χ4n) is 3.25. The van der Waals surface area contributed by atoms with Gasteiger partial charge in [0.1, 0.15) is 0 Å². The molecule has 2 rings (SSSR count). The fraction of sp³-hybridized carbons (Fsp3) is 0.684. The van der Waals surface area contributed by atoms with Gasteiger partial charge < -0.3 is 5.32 Å². The molecule has 1 fully saturated rings. The lowest BCUT2D eigenvalue weighted by molar-refractivity contribution is 0.0664. The maximum atomic E-state index is 3.78. The van der Waals surface area contributed by atoms with Crippen LogP contribution in [0.5, 0.6) is 0 Å². The van der Waals surface area contributed by atoms with Crippen molar-refractivity contribution in [3.05, 3.63) is 35.4 Å². The molecule has 1 aromatic rings. The minimum Gasteiger partial charge on any atom is -0.309 e. The van der Waals surface area contributed by atoms with Crippen LogP contribution in [0.2, 0.25) is 0 Å². The average Bonchev–Trinajstić information content (AvgIpc) is 2.44. The summed E-state index contributed by atoms with van der Waals surface area (Å²) in [6.07, 6.45) is 2.46. The molecule has 2 nitrogen and oxygen atoms in total. The van der Waals surface area contributed by atoms with Gasteiger partial charge in [-0.25, -0.2) is 0 Å². The Kier molecular flexibility index (Phi) is 5.45. The van der Waals surface area contributed by atoms with E-state index in [0.29, 0.717) is 6.04 Å². The molecule has 2 atom stereocenters. The van der Waals surface area contributed by atoms with E-state index in [0.717, 1.165) is 25.6 Å². The van der Waals surface area contributed by atoms with Crippen molar-refractivity contribution >= 4 is 0 Å². The molecule has 0 aromatic heterocycles. The van der Waals surface area contributed by atoms with Gasteiger partial charge in [0, 0.05) is 31.2 Å². The molecule has 21 heavy (non-hydrogen) atoms. The molecule has 118 valence electrons. The monoisotopic (exact) mass is 288 g/mol. The van der Waals surface area contributed by atoms with Crippen molar-refractivity contribution in [2.24, 2.45) is 5.92 Å². The molecule has 1 aromatic carbocycles. The fourth-order valence-corrected chi connectivity index (χ4v) is 3.25. The second-order valence-electron chi connectivity index (χ2n) is 7.47. The Balaban J connectivity index is 2.10. The summed E-state index contributed by atoms with van der Waals surface area (Å²) in [5.74, 6) is 0.753. The van der Waals surface area contributed by atoms with Crippen molar-refractivity contribution in [2.75, 3.05) is 13.1 Å². The van der Waals surface area contributed by atoms with Crippen molar-refractivity contribution in [3.8, 4) is 0 Å². The molecule has 1 aliphatic heterocycles. The van der Waals surface area contributed by atoms with Gasteiger partial charge in [0.2, 0.25) is 0 Å². The first kappa shape index (κ1) is 16.5. The van der Waals surface area contributed by atoms with Gasteiger partial charge >= 0.3 is 0 Å². The topological polar surface area (TPSA) is 15.3 Å². The van der Waals surface area contributed by atoms with Crippen molar-refractivity contribution in [2.45, 2.75) is 65.6 Å². The molecule has 1 heterocycles. The Morgan fingerprint density at radius 1 is 1.29 bits per heavy atom. The first-order chi connectivity index (χ1) is 9.92. The Morgan fingerprint density at radius 3 is 2.52 bits per heavy atom. The second-order valence-corrected chi connectivity index (χ2v) is 7.47. The number of piperazine rings is 1. The highest BCUT2D eigenvalue weighted by atomic mass is 15.2. The first-order valence-electron chi connectivity index (χ1n) is 8.46. The third-order valence-electron chi connectivity index (χ3n) is 4.86. The molecule has 0 saturated carbocycles. The maximum Gasteiger partial charge on any atom is 0.0278 e. The number of hydrogen-bond donors (Lipinski definition) is 1. The first-order valence-corrected chi connectivity index (χ1v) is 8.46. The number of nitrogens with zero attached hydrogens (tertiary/aromatic N) is 1. The molecule has 0 aliphatic carbocycles. The highest BCUT2D eigenvalue weighted by Crippen LogP contribution is 2.24. The second kappa shape index (κ2) is 6.93. The molecule has 2 heteroatoms. The van der Waals surface area contributed by atoms with Crippen molar-refractivity contribution in [1.82, 2.24) is 10.2 Å². The maximum absolute atomic E-state index is 3.78. The SMILES string of the molecule is CCC1(C)CN(Cc2ccc(C)cc2)C(CC(C)C)CN1. The smallest absolute Gasteiger partial charge is 0.0278 e. The lowest BCUT2D eigenvalue weighted by Crippen LogP contribution is -2.62. The molecule has 2 unspecified atom stereocenters. The van der Waals surface area contributed by atoms with Crippen LogP contribution in [0.25, 0.3) is 0 Å². The van der Waals surface area contributed by atoms with Crippen LogP contribution in [0, 0.1) is 12.8 Å². The van der Waals surface area contributed by atoms with Crippen LogP contribution < -0.4 is 5.32 Å². The zero-order chi connectivity index (χ0) is 15.5. The van der Waals surface area contributed by atoms with Gasteiger partial charge in [0.05, 0.1) is 0 Å². The van der Waals surface area contributed by atoms with Gasteiger partial charge in [0.25, 0.3) is 0 Å². The van der Waals surface area contributed by atoms with Crippen LogP contribution in [-0.4, -0.2) is 29.6 Å². The van der Waals surface area contributed by atoms with Crippen LogP contribution in [0.1, 0.15) is 51.7 Å². The standard InChI is InChI=1S/C19H32N2/c1-6-19(5)14-21(18(12-20-19)11-15(2)3)13-17-9-7-16(4)8-10-17/h7-10,15,18,20H,6,11-14H2,1-5H3. The highest BCUT2D eigenvalue weighted by molar-refractivity contribution is 5.21. The molecule has 1 aliphatic rings. The van der Waals surface area contributed by atoms with E-state index in [2.05, 4.69) is 69.1 Å². The van der Waals surface area contributed by atoms with E-state index in [9.17, 15) is 0 Å². The van der Waals surface area contributed by atoms with Gasteiger partial charge in [-0.1, -0.05) is 50.6 Å². The quantitative estimate of drug-likeness (QED) is 0.881. The van der Waals surface area contributed by atoms with Crippen LogP contribution >= 0.6 is 0 Å². The molecule has 0 radical (unpaired) electrons. The summed E-state index contributed by atoms with van der Waals surface area (Å²) in [7, 11) is 0. The Bertz CT molecular complexity index is 437. The molecule has 0 amide bonds. The lowest BCUT2D eigenvalue weighted by atomic mass is 9.90. The van der Waals surface area contributed by atoms with E-state index in [1.54, 1.807) is 0 Å². The Labute approximate surface area is 130 Å². The normalized spacial score (nSPS) is 27.2. The van der Waals surface area contributed by atoms with Crippen LogP contribution in [-0.2, 0) is 6.54 Å². The van der Waals surface area contributed by atoms with Crippen molar-refractivity contribution < 1.29 is 0 Å². The largest absolute Gasteiger partial charge is 0.309 e. The molecular formula is C19H32N2. The third kappa shape index (κ3) is 4.55. The number of benzene rings is 1. The van der Waals surface area contributed by atoms with E-state index >= 15 is 0 Å². The predicted octanol–water partition coefficient (Wildman–Crippen LogP) is 3.98. The number of rotatable bonds is 5. The zero-order valence-electron chi connectivity index (χ0n) is 14.4. The van der Waals surface area contributed by atoms with Crippen LogP contribution in [0.3, 0.4) is 0 Å². The molecule has 1 N–H and O–H groups in total. The van der Waals surface area contributed by atoms with Gasteiger partial charge in [-0.05, 0) is 38.2 Å². The van der Waals surface area contributed by atoms with E-state index in [1.165, 1.54) is 24.0 Å². The van der Waals surface area contributed by atoms with E-state index in [1.807, 2.05) is 0 Å². The van der Waals surface area contributed by atoms with Gasteiger partial charge in [0.15, 0.2) is 0 Å². The van der Waals surface area contributed by atoms with Crippen LogP contribution in [0.15, 0.2) is 24.3 Å². The van der Waals surface area contributed by atoms with E-state index < -0.39 is 0 Å². The number of aryl methyl sites for hydroxylation is 1. The summed E-state index contributed by atoms with van der Waals surface area (Å²) in [4.78, 5) is 2.70. The van der Waals surface area contributed by atoms with Crippen molar-refractivity contribution in [3.63, 3.8) is 0 Å². The predicted molar refractivity (Wildman–Crippen MR) is 91.5 cm³/mol. The van der Waals surface area contributed by atoms with E-state index in [4.69, 9.17) is 0 Å². The molecule has 0 bridgehead atoms. The van der Waals surface area contributed by atoms with Crippen LogP contribution in [0.4, 0.5) is 0 Å². The zero-order valence-corrected chi connectivity index (χ0v) is 14.4. The number of nitrogens with one attached hydrogen (secondary N) is 1. The summed E-state index contributed by atoms with van der Waals surface area (Å²) >= 11 is 0. The Hall–Kier alpha value is -0.860. The summed E-state index contributed by atoms with van der Waals surface area (Å²) < 4.78 is 0. The summed E-state index contributed by atoms with van der Waals surface area (Å²) in [5.41, 5.74) is 3.05. The highest BCUT2D eigenvalue weighted by Gasteiger charge is 2.34. The van der Waals surface area contributed by atoms with E-state index in [-0.39, 0.29) is 5.54 Å². The average molecular weight is 288 g/mol. The van der Waals surface area contributed by atoms with Gasteiger partial charge in [-0.15, -0.1) is 0 Å². The van der Waals surface area contributed by atoms with Gasteiger partial charge in [-0.2, -0.15) is 0 Å². The third-order valence-corrected chi connectivity index (χ3v) is 4.86. The molecule has 0 spiro atoms. The van der Waals surface area contributed by atoms with Gasteiger partial charge in [-0.3, -0.25) is 4.90 Å². The minimum absolute atomic E-state index is 0.262. The summed E-state index contributed by atoms with van der Waals surface area (Å²) in [6, 6.07) is 9.69. The lowest BCUT2D eigenvalue weighted by Gasteiger charge is -2.46. The minimum atomic E-state index is 0.262. The van der Waals surface area contributed by atoms with Crippen molar-refractivity contribution in [1.29, 1.82) is 0 Å².